The molecule has 0 spiro atoms. The Balaban J connectivity index is 1.10. The second-order valence-electron chi connectivity index (χ2n) is 12.6. The van der Waals surface area contributed by atoms with Crippen molar-refractivity contribution >= 4 is 57.4 Å². The van der Waals surface area contributed by atoms with Gasteiger partial charge in [-0.1, -0.05) is 29.3 Å². The Labute approximate surface area is 333 Å². The third kappa shape index (κ3) is 8.63. The molecule has 5 N–H and O–H groups in total. The monoisotopic (exact) mass is 814 g/mol. The van der Waals surface area contributed by atoms with Crippen LogP contribution >= 0.6 is 23.2 Å². The zero-order chi connectivity index (χ0) is 40.2. The van der Waals surface area contributed by atoms with Crippen molar-refractivity contribution in [2.75, 3.05) is 37.6 Å². The van der Waals surface area contributed by atoms with Gasteiger partial charge in [0, 0.05) is 44.7 Å². The number of carbonyl (C=O) groups excluding carboxylic acids is 2. The molecule has 6 aromatic rings. The molecule has 2 heterocycles. The zero-order valence-electron chi connectivity index (χ0n) is 29.8. The molecule has 0 saturated heterocycles. The summed E-state index contributed by atoms with van der Waals surface area (Å²) in [6.07, 6.45) is -1.73. The molecule has 0 bridgehead atoms. The molecule has 1 aliphatic heterocycles. The lowest BCUT2D eigenvalue weighted by atomic mass is 10.0. The Morgan fingerprint density at radius 2 is 1.40 bits per heavy atom. The van der Waals surface area contributed by atoms with E-state index >= 15 is 0 Å². The van der Waals surface area contributed by atoms with E-state index in [0.29, 0.717) is 27.0 Å². The van der Waals surface area contributed by atoms with Crippen LogP contribution in [0.2, 0.25) is 10.0 Å². The number of amides is 2. The number of hydrogen-bond donors (Lipinski definition) is 5. The van der Waals surface area contributed by atoms with Crippen molar-refractivity contribution in [2.24, 2.45) is 0 Å². The van der Waals surface area contributed by atoms with E-state index in [1.54, 1.807) is 66.7 Å². The Bertz CT molecular complexity index is 2530. The van der Waals surface area contributed by atoms with Gasteiger partial charge in [-0.3, -0.25) is 14.4 Å². The van der Waals surface area contributed by atoms with Gasteiger partial charge < -0.3 is 54.1 Å². The highest BCUT2D eigenvalue weighted by Crippen LogP contribution is 2.44. The van der Waals surface area contributed by atoms with Crippen molar-refractivity contribution in [1.82, 2.24) is 0 Å². The highest BCUT2D eigenvalue weighted by atomic mass is 35.5. The predicted molar refractivity (Wildman–Crippen MR) is 210 cm³/mol. The maximum Gasteiger partial charge on any atom is 0.262 e. The molecule has 0 aliphatic carbocycles. The van der Waals surface area contributed by atoms with E-state index in [1.807, 2.05) is 0 Å². The number of aliphatic hydroxyl groups excluding tert-OH is 1. The number of phenolic OH excluding ortho intramolecular Hbond substituents is 1. The van der Waals surface area contributed by atoms with Crippen LogP contribution < -0.4 is 39.7 Å². The lowest BCUT2D eigenvalue weighted by Crippen LogP contribution is -2.36. The fraction of sp³-hybridized carbons (Fsp3) is 0.146. The number of hydrogen-bond acceptors (Lipinski definition) is 12. The average molecular weight is 816 g/mol. The molecule has 0 radical (unpaired) electrons. The summed E-state index contributed by atoms with van der Waals surface area (Å²) in [6.45, 7) is -1.18. The molecule has 1 aliphatic rings. The maximum absolute atomic E-state index is 13.3. The molecule has 57 heavy (non-hydrogen) atoms. The quantitative estimate of drug-likeness (QED) is 0.0843. The lowest BCUT2D eigenvalue weighted by Gasteiger charge is -2.33. The fourth-order valence-corrected chi connectivity index (χ4v) is 6.22. The number of carbonyl (C=O) groups is 2. The van der Waals surface area contributed by atoms with Crippen LogP contribution in [0.3, 0.4) is 0 Å². The lowest BCUT2D eigenvalue weighted by molar-refractivity contribution is -0.118. The number of aliphatic hydroxyl groups is 1. The normalized spacial score (nSPS) is 14.5. The van der Waals surface area contributed by atoms with Crippen LogP contribution in [0.1, 0.15) is 11.7 Å². The highest BCUT2D eigenvalue weighted by molar-refractivity contribution is 6.31. The van der Waals surface area contributed by atoms with E-state index in [-0.39, 0.29) is 57.6 Å². The summed E-state index contributed by atoms with van der Waals surface area (Å²) in [7, 11) is 1.43. The van der Waals surface area contributed by atoms with Gasteiger partial charge >= 0.3 is 0 Å². The van der Waals surface area contributed by atoms with Gasteiger partial charge in [0.1, 0.15) is 22.5 Å². The van der Waals surface area contributed by atoms with E-state index < -0.39 is 54.2 Å². The van der Waals surface area contributed by atoms with Crippen LogP contribution in [0, 0.1) is 0 Å². The van der Waals surface area contributed by atoms with Gasteiger partial charge in [0.2, 0.25) is 11.2 Å². The molecule has 0 fully saturated rings. The first kappa shape index (κ1) is 38.7. The van der Waals surface area contributed by atoms with Crippen LogP contribution in [0.25, 0.3) is 22.3 Å². The minimum Gasteiger partial charge on any atom is -0.507 e. The topological polar surface area (TPSA) is 195 Å². The molecule has 0 saturated carbocycles. The van der Waals surface area contributed by atoms with E-state index in [9.17, 15) is 29.7 Å². The van der Waals surface area contributed by atoms with E-state index in [4.69, 9.17) is 51.3 Å². The van der Waals surface area contributed by atoms with Gasteiger partial charge in [-0.05, 0) is 78.9 Å². The number of nitrogens with one attached hydrogen (secondary N) is 2. The largest absolute Gasteiger partial charge is 0.507 e. The molecule has 292 valence electrons. The number of phenols is 1. The van der Waals surface area contributed by atoms with Crippen LogP contribution in [0.4, 0.5) is 11.4 Å². The molecule has 5 aromatic carbocycles. The van der Waals surface area contributed by atoms with Gasteiger partial charge in [-0.2, -0.15) is 0 Å². The first-order valence-electron chi connectivity index (χ1n) is 17.2. The van der Waals surface area contributed by atoms with Crippen molar-refractivity contribution in [1.29, 1.82) is 0 Å². The third-order valence-corrected chi connectivity index (χ3v) is 9.18. The molecular weight excluding hydrogens is 783 g/mol. The Morgan fingerprint density at radius 1 is 0.754 bits per heavy atom. The van der Waals surface area contributed by atoms with Crippen LogP contribution in [0.5, 0.6) is 40.2 Å². The summed E-state index contributed by atoms with van der Waals surface area (Å²) in [5.41, 5.74) is 0.738. The number of methoxy groups -OCH3 is 1. The summed E-state index contributed by atoms with van der Waals surface area (Å²) in [6, 6.07) is 24.9. The minimum absolute atomic E-state index is 0.0131. The Hall–Kier alpha value is -6.61. The first-order chi connectivity index (χ1) is 27.5. The van der Waals surface area contributed by atoms with Crippen molar-refractivity contribution in [2.45, 2.75) is 12.2 Å². The second-order valence-corrected chi connectivity index (χ2v) is 13.4. The van der Waals surface area contributed by atoms with E-state index in [2.05, 4.69) is 10.6 Å². The van der Waals surface area contributed by atoms with Crippen LogP contribution in [0.15, 0.2) is 106 Å². The van der Waals surface area contributed by atoms with Crippen molar-refractivity contribution < 1.29 is 53.0 Å². The molecular formula is C41H32Cl2N2O12. The third-order valence-electron chi connectivity index (χ3n) is 8.68. The predicted octanol–water partition coefficient (Wildman–Crippen LogP) is 7.10. The molecule has 2 amide bonds. The molecule has 2 atom stereocenters. The summed E-state index contributed by atoms with van der Waals surface area (Å²) in [5, 5.41) is 38.0. The first-order valence-corrected chi connectivity index (χ1v) is 17.9. The molecule has 7 rings (SSSR count). The molecule has 16 heteroatoms. The number of rotatable bonds is 12. The summed E-state index contributed by atoms with van der Waals surface area (Å²) in [5.74, 6) is -1.45. The number of fused-ring (bicyclic) bond motifs is 2. The van der Waals surface area contributed by atoms with Crippen LogP contribution in [-0.2, 0) is 9.59 Å². The summed E-state index contributed by atoms with van der Waals surface area (Å²) in [4.78, 5) is 38.3. The van der Waals surface area contributed by atoms with Gasteiger partial charge in [-0.25, -0.2) is 0 Å². The highest BCUT2D eigenvalue weighted by Gasteiger charge is 2.34. The second kappa shape index (κ2) is 16.6. The van der Waals surface area contributed by atoms with Crippen molar-refractivity contribution in [3.63, 3.8) is 0 Å². The standard InChI is InChI=1S/C41H32Cl2N2O12/c1-52-31-14-21(2-12-29(31)54-20-36(49)45-26-10-6-24(43)7-11-26)40-34(18-46)55-30-13-3-22(15-32(30)56-40)41-39(51)38(50)37-28(47)16-27(17-33(37)57-41)53-19-35(48)44-25-8-4-23(42)5-9-25/h2-17,34,40,46-47,51H,18-20H2,1H3,(H,44,48)(H,45,49). The zero-order valence-corrected chi connectivity index (χ0v) is 31.3. The molecule has 2 unspecified atom stereocenters. The van der Waals surface area contributed by atoms with Crippen molar-refractivity contribution in [3.8, 4) is 51.6 Å². The van der Waals surface area contributed by atoms with E-state index in [1.165, 1.54) is 31.4 Å². The molecule has 1 aromatic heterocycles. The number of ether oxygens (including phenoxy) is 5. The Kier molecular flexibility index (Phi) is 11.3. The summed E-state index contributed by atoms with van der Waals surface area (Å²) >= 11 is 11.8. The number of benzene rings is 5. The SMILES string of the molecule is COc1cc(C2Oc3cc(-c4oc5cc(OCC(=O)Nc6ccc(Cl)cc6)cc(O)c5c(=O)c4O)ccc3OC2CO)ccc1OCC(=O)Nc1ccc(Cl)cc1. The smallest absolute Gasteiger partial charge is 0.262 e. The molecule has 14 nitrogen and oxygen atoms in total. The van der Waals surface area contributed by atoms with Gasteiger partial charge in [0.25, 0.3) is 11.8 Å². The summed E-state index contributed by atoms with van der Waals surface area (Å²) < 4.78 is 35.2. The number of aromatic hydroxyl groups is 2. The van der Waals surface area contributed by atoms with Gasteiger partial charge in [0.15, 0.2) is 54.2 Å². The van der Waals surface area contributed by atoms with Gasteiger partial charge in [0.05, 0.1) is 13.7 Å². The average Bonchev–Trinajstić information content (AvgIpc) is 3.21. The number of halogens is 2. The minimum atomic E-state index is -0.916. The van der Waals surface area contributed by atoms with Gasteiger partial charge in [-0.15, -0.1) is 0 Å². The fourth-order valence-electron chi connectivity index (χ4n) is 5.97. The number of anilines is 2. The van der Waals surface area contributed by atoms with Crippen LogP contribution in [-0.4, -0.2) is 60.2 Å². The maximum atomic E-state index is 13.3. The Morgan fingerprint density at radius 3 is 2.04 bits per heavy atom. The van der Waals surface area contributed by atoms with E-state index in [0.717, 1.165) is 6.07 Å². The van der Waals surface area contributed by atoms with Crippen molar-refractivity contribution in [3.05, 3.63) is 123 Å².